The fourth-order valence-electron chi connectivity index (χ4n) is 2.96. The number of thiophene rings is 1. The highest BCUT2D eigenvalue weighted by Crippen LogP contribution is 2.43. The van der Waals surface area contributed by atoms with Crippen molar-refractivity contribution in [2.45, 2.75) is 17.5 Å². The van der Waals surface area contributed by atoms with E-state index >= 15 is 0 Å². The van der Waals surface area contributed by atoms with Gasteiger partial charge in [-0.2, -0.15) is 0 Å². The molecule has 1 aromatic heterocycles. The lowest BCUT2D eigenvalue weighted by Crippen LogP contribution is -3.20. The van der Waals surface area contributed by atoms with Crippen molar-refractivity contribution in [3.05, 3.63) is 22.4 Å². The average Bonchev–Trinajstić information content (AvgIpc) is 3.08. The molecule has 2 fully saturated rings. The second-order valence-electron chi connectivity index (χ2n) is 5.54. The maximum atomic E-state index is 12.4. The van der Waals surface area contributed by atoms with Crippen molar-refractivity contribution >= 4 is 29.0 Å². The average molecular weight is 313 g/mol. The molecule has 110 valence electrons. The van der Waals surface area contributed by atoms with Gasteiger partial charge >= 0.3 is 0 Å². The summed E-state index contributed by atoms with van der Waals surface area (Å²) in [4.78, 5) is 17.4. The van der Waals surface area contributed by atoms with Crippen molar-refractivity contribution in [3.63, 3.8) is 0 Å². The van der Waals surface area contributed by atoms with E-state index < -0.39 is 0 Å². The van der Waals surface area contributed by atoms with Gasteiger partial charge in [-0.05, 0) is 18.4 Å². The smallest absolute Gasteiger partial charge is 0.236 e. The van der Waals surface area contributed by atoms with Crippen LogP contribution in [0.25, 0.3) is 0 Å². The third-order valence-electron chi connectivity index (χ3n) is 4.14. The van der Waals surface area contributed by atoms with Gasteiger partial charge in [-0.15, -0.1) is 23.1 Å². The van der Waals surface area contributed by atoms with E-state index in [0.29, 0.717) is 5.91 Å². The zero-order valence-corrected chi connectivity index (χ0v) is 13.5. The second kappa shape index (κ2) is 6.47. The van der Waals surface area contributed by atoms with Crippen LogP contribution in [0.4, 0.5) is 0 Å². The normalized spacial score (nSPS) is 28.2. The van der Waals surface area contributed by atoms with Gasteiger partial charge in [-0.25, -0.2) is 0 Å². The SMILES string of the molecule is C[C@@H]1S[C@@H](c2cccs2)N(CC[NH+]2CC[NH2+]CC2)C1=O. The molecule has 2 aliphatic rings. The number of quaternary nitrogens is 2. The van der Waals surface area contributed by atoms with Crippen LogP contribution in [0.15, 0.2) is 17.5 Å². The molecular weight excluding hydrogens is 290 g/mol. The summed E-state index contributed by atoms with van der Waals surface area (Å²) >= 11 is 3.56. The Morgan fingerprint density at radius 3 is 2.95 bits per heavy atom. The van der Waals surface area contributed by atoms with Crippen LogP contribution >= 0.6 is 23.1 Å². The summed E-state index contributed by atoms with van der Waals surface area (Å²) in [6.45, 7) is 8.94. The number of rotatable bonds is 4. The summed E-state index contributed by atoms with van der Waals surface area (Å²) in [5.74, 6) is 0.316. The van der Waals surface area contributed by atoms with E-state index in [2.05, 4.69) is 27.7 Å². The highest BCUT2D eigenvalue weighted by atomic mass is 32.2. The Balaban J connectivity index is 1.63. The molecule has 3 N–H and O–H groups in total. The Bertz CT molecular complexity index is 445. The van der Waals surface area contributed by atoms with E-state index in [1.807, 2.05) is 6.92 Å². The summed E-state index contributed by atoms with van der Waals surface area (Å²) < 4.78 is 0. The molecular formula is C14H23N3OS2+2. The summed E-state index contributed by atoms with van der Waals surface area (Å²) in [6, 6.07) is 4.24. The quantitative estimate of drug-likeness (QED) is 0.762. The summed E-state index contributed by atoms with van der Waals surface area (Å²) in [7, 11) is 0. The van der Waals surface area contributed by atoms with Gasteiger partial charge < -0.3 is 15.1 Å². The Morgan fingerprint density at radius 2 is 2.25 bits per heavy atom. The molecule has 2 atom stereocenters. The molecule has 0 bridgehead atoms. The molecule has 6 heteroatoms. The van der Waals surface area contributed by atoms with Crippen LogP contribution in [-0.2, 0) is 4.79 Å². The van der Waals surface area contributed by atoms with E-state index in [0.717, 1.165) is 13.1 Å². The van der Waals surface area contributed by atoms with Gasteiger partial charge in [0.05, 0.1) is 18.3 Å². The van der Waals surface area contributed by atoms with E-state index in [1.54, 1.807) is 28.0 Å². The highest BCUT2D eigenvalue weighted by molar-refractivity contribution is 8.01. The van der Waals surface area contributed by atoms with Gasteiger partial charge in [0.1, 0.15) is 31.6 Å². The van der Waals surface area contributed by atoms with E-state index in [4.69, 9.17) is 0 Å². The Hall–Kier alpha value is -0.560. The number of nitrogens with two attached hydrogens (primary N) is 1. The summed E-state index contributed by atoms with van der Waals surface area (Å²) in [5, 5.41) is 4.84. The van der Waals surface area contributed by atoms with E-state index in [-0.39, 0.29) is 10.6 Å². The fourth-order valence-corrected chi connectivity index (χ4v) is 5.22. The largest absolute Gasteiger partial charge is 0.337 e. The lowest BCUT2D eigenvalue weighted by Gasteiger charge is -2.27. The minimum Gasteiger partial charge on any atom is -0.337 e. The van der Waals surface area contributed by atoms with Gasteiger partial charge in [-0.3, -0.25) is 4.79 Å². The molecule has 0 aliphatic carbocycles. The van der Waals surface area contributed by atoms with Crippen LogP contribution in [-0.4, -0.2) is 55.3 Å². The minimum atomic E-state index is 0.104. The maximum Gasteiger partial charge on any atom is 0.236 e. The molecule has 3 rings (SSSR count). The molecule has 2 saturated heterocycles. The van der Waals surface area contributed by atoms with Crippen LogP contribution in [0.1, 0.15) is 17.2 Å². The fraction of sp³-hybridized carbons (Fsp3) is 0.643. The first-order valence-corrected chi connectivity index (χ1v) is 9.22. The van der Waals surface area contributed by atoms with E-state index in [1.165, 1.54) is 31.1 Å². The van der Waals surface area contributed by atoms with Gasteiger partial charge in [0.25, 0.3) is 0 Å². The Morgan fingerprint density at radius 1 is 1.45 bits per heavy atom. The molecule has 20 heavy (non-hydrogen) atoms. The standard InChI is InChI=1S/C14H21N3OS2/c1-11-13(18)17(9-8-16-6-4-15-5-7-16)14(20-11)12-3-2-10-19-12/h2-3,10-11,14-15H,4-9H2,1H3/p+2/t11-,14-/m0/s1. The molecule has 0 spiro atoms. The lowest BCUT2D eigenvalue weighted by molar-refractivity contribution is -0.946. The zero-order valence-electron chi connectivity index (χ0n) is 11.9. The molecule has 0 unspecified atom stereocenters. The molecule has 4 nitrogen and oxygen atoms in total. The number of amides is 1. The predicted molar refractivity (Wildman–Crippen MR) is 83.0 cm³/mol. The van der Waals surface area contributed by atoms with Crippen molar-refractivity contribution in [1.82, 2.24) is 4.90 Å². The number of nitrogens with one attached hydrogen (secondary N) is 1. The Labute approximate surface area is 128 Å². The number of piperazine rings is 1. The van der Waals surface area contributed by atoms with Gasteiger partial charge in [-0.1, -0.05) is 6.07 Å². The van der Waals surface area contributed by atoms with Crippen molar-refractivity contribution in [2.75, 3.05) is 39.3 Å². The first-order chi connectivity index (χ1) is 9.75. The monoisotopic (exact) mass is 313 g/mol. The minimum absolute atomic E-state index is 0.104. The maximum absolute atomic E-state index is 12.4. The van der Waals surface area contributed by atoms with Gasteiger partial charge in [0.15, 0.2) is 0 Å². The first kappa shape index (κ1) is 14.4. The molecule has 1 amide bonds. The summed E-state index contributed by atoms with van der Waals surface area (Å²) in [5.41, 5.74) is 0. The number of nitrogens with zero attached hydrogens (tertiary/aromatic N) is 1. The van der Waals surface area contributed by atoms with Crippen molar-refractivity contribution < 1.29 is 15.0 Å². The lowest BCUT2D eigenvalue weighted by atomic mass is 10.3. The van der Waals surface area contributed by atoms with E-state index in [9.17, 15) is 4.79 Å². The number of carbonyl (C=O) groups excluding carboxylic acids is 1. The number of hydrogen-bond donors (Lipinski definition) is 2. The van der Waals surface area contributed by atoms with Crippen molar-refractivity contribution in [1.29, 1.82) is 0 Å². The number of carbonyl (C=O) groups is 1. The Kier molecular flexibility index (Phi) is 4.65. The zero-order chi connectivity index (χ0) is 13.9. The van der Waals surface area contributed by atoms with Crippen LogP contribution < -0.4 is 10.2 Å². The van der Waals surface area contributed by atoms with Crippen LogP contribution in [0.2, 0.25) is 0 Å². The molecule has 0 aromatic carbocycles. The predicted octanol–water partition coefficient (Wildman–Crippen LogP) is -0.827. The number of hydrogen-bond acceptors (Lipinski definition) is 3. The number of thioether (sulfide) groups is 1. The topological polar surface area (TPSA) is 41.4 Å². The van der Waals surface area contributed by atoms with Crippen LogP contribution in [0.5, 0.6) is 0 Å². The van der Waals surface area contributed by atoms with Gasteiger partial charge in [0.2, 0.25) is 5.91 Å². The molecule has 0 saturated carbocycles. The van der Waals surface area contributed by atoms with Crippen LogP contribution in [0.3, 0.4) is 0 Å². The van der Waals surface area contributed by atoms with Crippen LogP contribution in [0, 0.1) is 0 Å². The molecule has 2 aliphatic heterocycles. The highest BCUT2D eigenvalue weighted by Gasteiger charge is 2.39. The van der Waals surface area contributed by atoms with Gasteiger partial charge in [0, 0.05) is 4.88 Å². The van der Waals surface area contributed by atoms with Crippen molar-refractivity contribution in [3.8, 4) is 0 Å². The third-order valence-corrected chi connectivity index (χ3v) is 6.59. The third kappa shape index (κ3) is 3.03. The molecule has 1 aromatic rings. The summed E-state index contributed by atoms with van der Waals surface area (Å²) in [6.07, 6.45) is 0. The molecule has 0 radical (unpaired) electrons. The van der Waals surface area contributed by atoms with Crippen molar-refractivity contribution in [2.24, 2.45) is 0 Å². The molecule has 3 heterocycles. The second-order valence-corrected chi connectivity index (χ2v) is 7.95. The first-order valence-electron chi connectivity index (χ1n) is 7.40.